The molecular formula is C27H28N6O6. The van der Waals surface area contributed by atoms with E-state index in [1.165, 1.54) is 10.8 Å². The van der Waals surface area contributed by atoms with Gasteiger partial charge in [0.15, 0.2) is 0 Å². The first-order valence-corrected chi connectivity index (χ1v) is 12.3. The lowest BCUT2D eigenvalue weighted by atomic mass is 10.1. The number of nitrogens with zero attached hydrogens (tertiary/aromatic N) is 5. The first kappa shape index (κ1) is 27.4. The van der Waals surface area contributed by atoms with Crippen LogP contribution in [0.25, 0.3) is 10.4 Å². The van der Waals surface area contributed by atoms with Gasteiger partial charge in [-0.1, -0.05) is 40.5 Å². The number of hydrogen-bond acceptors (Lipinski definition) is 9. The third-order valence-electron chi connectivity index (χ3n) is 6.31. The zero-order chi connectivity index (χ0) is 27.9. The van der Waals surface area contributed by atoms with E-state index < -0.39 is 36.1 Å². The van der Waals surface area contributed by atoms with Gasteiger partial charge < -0.3 is 19.9 Å². The maximum absolute atomic E-state index is 12.9. The summed E-state index contributed by atoms with van der Waals surface area (Å²) in [5.74, 6) is -1.11. The first-order valence-electron chi connectivity index (χ1n) is 12.3. The topological polar surface area (TPSA) is 171 Å². The fourth-order valence-electron chi connectivity index (χ4n) is 4.11. The summed E-state index contributed by atoms with van der Waals surface area (Å²) in [5, 5.41) is 3.49. The van der Waals surface area contributed by atoms with Crippen molar-refractivity contribution in [3.63, 3.8) is 0 Å². The zero-order valence-corrected chi connectivity index (χ0v) is 21.5. The largest absolute Gasteiger partial charge is 0.459 e. The number of azide groups is 1. The Balaban J connectivity index is 1.55. The monoisotopic (exact) mass is 532 g/mol. The highest BCUT2D eigenvalue weighted by molar-refractivity contribution is 5.90. The van der Waals surface area contributed by atoms with Crippen LogP contribution in [0.3, 0.4) is 0 Å². The molecule has 12 heteroatoms. The van der Waals surface area contributed by atoms with Crippen molar-refractivity contribution in [2.45, 2.75) is 45.1 Å². The van der Waals surface area contributed by atoms with Crippen molar-refractivity contribution in [3.05, 3.63) is 103 Å². The van der Waals surface area contributed by atoms with E-state index in [-0.39, 0.29) is 31.8 Å². The van der Waals surface area contributed by atoms with E-state index in [0.29, 0.717) is 16.7 Å². The van der Waals surface area contributed by atoms with E-state index in [0.717, 1.165) is 11.1 Å². The number of rotatable bonds is 9. The van der Waals surface area contributed by atoms with Gasteiger partial charge in [0.1, 0.15) is 30.9 Å². The molecule has 0 radical (unpaired) electrons. The molecule has 2 heterocycles. The molecule has 4 rings (SSSR count). The van der Waals surface area contributed by atoms with E-state index in [9.17, 15) is 14.4 Å². The molecule has 0 amide bonds. The molecule has 2 aromatic carbocycles. The first-order chi connectivity index (χ1) is 18.7. The van der Waals surface area contributed by atoms with Gasteiger partial charge in [0, 0.05) is 29.6 Å². The highest BCUT2D eigenvalue weighted by Gasteiger charge is 2.40. The van der Waals surface area contributed by atoms with Gasteiger partial charge >= 0.3 is 17.6 Å². The minimum Gasteiger partial charge on any atom is -0.459 e. The molecule has 1 saturated heterocycles. The second-order valence-electron chi connectivity index (χ2n) is 9.18. The van der Waals surface area contributed by atoms with E-state index in [4.69, 9.17) is 25.5 Å². The summed E-state index contributed by atoms with van der Waals surface area (Å²) in [7, 11) is 0. The normalized spacial score (nSPS) is 18.3. The summed E-state index contributed by atoms with van der Waals surface area (Å²) in [5.41, 5.74) is 17.0. The minimum absolute atomic E-state index is 0.0216. The van der Waals surface area contributed by atoms with Gasteiger partial charge in [0.05, 0.1) is 11.1 Å². The van der Waals surface area contributed by atoms with Gasteiger partial charge in [-0.25, -0.2) is 14.4 Å². The van der Waals surface area contributed by atoms with Crippen LogP contribution in [0.5, 0.6) is 0 Å². The summed E-state index contributed by atoms with van der Waals surface area (Å²) in [6, 6.07) is 13.8. The van der Waals surface area contributed by atoms with Crippen LogP contribution in [0.4, 0.5) is 5.82 Å². The van der Waals surface area contributed by atoms with Crippen molar-refractivity contribution in [1.82, 2.24) is 9.55 Å². The molecular weight excluding hydrogens is 504 g/mol. The quantitative estimate of drug-likeness (QED) is 0.188. The molecule has 2 N–H and O–H groups in total. The third-order valence-corrected chi connectivity index (χ3v) is 6.31. The Kier molecular flexibility index (Phi) is 8.60. The van der Waals surface area contributed by atoms with Gasteiger partial charge in [0.25, 0.3) is 0 Å². The Morgan fingerprint density at radius 1 is 1.10 bits per heavy atom. The van der Waals surface area contributed by atoms with Crippen LogP contribution in [0, 0.1) is 13.8 Å². The maximum Gasteiger partial charge on any atom is 0.351 e. The number of carbonyl (C=O) groups excluding carboxylic acids is 2. The maximum atomic E-state index is 12.9. The number of anilines is 1. The van der Waals surface area contributed by atoms with E-state index in [1.807, 2.05) is 13.8 Å². The van der Waals surface area contributed by atoms with E-state index in [1.54, 1.807) is 48.5 Å². The van der Waals surface area contributed by atoms with Gasteiger partial charge in [-0.2, -0.15) is 4.98 Å². The number of aryl methyl sites for hydroxylation is 2. The Morgan fingerprint density at radius 3 is 2.33 bits per heavy atom. The van der Waals surface area contributed by atoms with Crippen molar-refractivity contribution in [3.8, 4) is 0 Å². The lowest BCUT2D eigenvalue weighted by Crippen LogP contribution is -2.32. The van der Waals surface area contributed by atoms with Crippen LogP contribution < -0.4 is 11.4 Å². The number of aromatic nitrogens is 2. The van der Waals surface area contributed by atoms with E-state index in [2.05, 4.69) is 15.0 Å². The molecule has 1 fully saturated rings. The molecule has 202 valence electrons. The fraction of sp³-hybridized carbons (Fsp3) is 0.333. The minimum atomic E-state index is -0.872. The number of esters is 2. The molecule has 3 aromatic rings. The molecule has 0 unspecified atom stereocenters. The average Bonchev–Trinajstić information content (AvgIpc) is 3.31. The lowest BCUT2D eigenvalue weighted by Gasteiger charge is -2.19. The number of nitrogens with two attached hydrogens (primary N) is 1. The average molecular weight is 533 g/mol. The molecule has 39 heavy (non-hydrogen) atoms. The molecule has 0 spiro atoms. The van der Waals surface area contributed by atoms with Gasteiger partial charge in [-0.15, -0.1) is 0 Å². The van der Waals surface area contributed by atoms with Crippen LogP contribution in [0.15, 0.2) is 64.6 Å². The number of hydrogen-bond donors (Lipinski definition) is 1. The summed E-state index contributed by atoms with van der Waals surface area (Å²) >= 11 is 0. The van der Waals surface area contributed by atoms with Gasteiger partial charge in [0.2, 0.25) is 0 Å². The van der Waals surface area contributed by atoms with Crippen molar-refractivity contribution < 1.29 is 23.8 Å². The summed E-state index contributed by atoms with van der Waals surface area (Å²) < 4.78 is 18.6. The van der Waals surface area contributed by atoms with Gasteiger partial charge in [-0.05, 0) is 50.1 Å². The number of benzene rings is 2. The lowest BCUT2D eigenvalue weighted by molar-refractivity contribution is -0.0582. The molecule has 3 atom stereocenters. The van der Waals surface area contributed by atoms with Gasteiger partial charge in [-0.3, -0.25) is 4.57 Å². The third kappa shape index (κ3) is 6.81. The molecule has 1 aliphatic rings. The fourth-order valence-corrected chi connectivity index (χ4v) is 4.11. The summed E-state index contributed by atoms with van der Waals surface area (Å²) in [6.45, 7) is 3.73. The van der Waals surface area contributed by atoms with Crippen LogP contribution in [-0.2, 0) is 20.6 Å². The predicted molar refractivity (Wildman–Crippen MR) is 141 cm³/mol. The van der Waals surface area contributed by atoms with Crippen LogP contribution in [0.1, 0.15) is 50.1 Å². The summed E-state index contributed by atoms with van der Waals surface area (Å²) in [4.78, 5) is 44.8. The second kappa shape index (κ2) is 12.2. The van der Waals surface area contributed by atoms with Crippen LogP contribution in [-0.4, -0.2) is 46.8 Å². The molecule has 12 nitrogen and oxygen atoms in total. The van der Waals surface area contributed by atoms with Crippen LogP contribution in [0.2, 0.25) is 0 Å². The number of nitrogen functional groups attached to an aromatic ring is 1. The molecule has 0 bridgehead atoms. The second-order valence-corrected chi connectivity index (χ2v) is 9.18. The molecule has 0 saturated carbocycles. The molecule has 1 aromatic heterocycles. The number of carbonyl (C=O) groups is 2. The van der Waals surface area contributed by atoms with E-state index >= 15 is 0 Å². The van der Waals surface area contributed by atoms with Crippen molar-refractivity contribution >= 4 is 17.8 Å². The smallest absolute Gasteiger partial charge is 0.351 e. The highest BCUT2D eigenvalue weighted by atomic mass is 16.6. The molecule has 0 aliphatic carbocycles. The Morgan fingerprint density at radius 2 is 1.72 bits per heavy atom. The Bertz CT molecular complexity index is 1450. The number of ether oxygens (including phenoxy) is 3. The predicted octanol–water partition coefficient (Wildman–Crippen LogP) is 3.67. The Hall–Kier alpha value is -4.67. The Labute approximate surface area is 224 Å². The zero-order valence-electron chi connectivity index (χ0n) is 21.5. The standard InChI is InChI=1S/C27H28N6O6/c1-16-3-7-18(8-4-16)25(34)37-15-22-21(39-26(35)19-9-5-17(2)6-10-19)13-23(38-22)33-14-20(11-12-30-32-29)24(28)31-27(33)36/h3-10,14,21-23H,11-13,15H2,1-2H3,(H2,28,31,36)/t21-,22+,23+/m0/s1. The van der Waals surface area contributed by atoms with Crippen molar-refractivity contribution in [2.75, 3.05) is 18.9 Å². The highest BCUT2D eigenvalue weighted by Crippen LogP contribution is 2.31. The van der Waals surface area contributed by atoms with Crippen molar-refractivity contribution in [2.24, 2.45) is 5.11 Å². The molecule has 1 aliphatic heterocycles. The van der Waals surface area contributed by atoms with Crippen LogP contribution >= 0.6 is 0 Å². The van der Waals surface area contributed by atoms with Crippen molar-refractivity contribution in [1.29, 1.82) is 0 Å². The summed E-state index contributed by atoms with van der Waals surface area (Å²) in [6.07, 6.45) is -0.699. The SMILES string of the molecule is Cc1ccc(C(=O)OC[C@H]2O[C@@H](n3cc(CCN=[N+]=[N-])c(N)nc3=O)C[C@@H]2OC(=O)c2ccc(C)cc2)cc1.